The largest absolute Gasteiger partial charge is 0.362 e. The molecule has 3 rings (SSSR count). The van der Waals surface area contributed by atoms with Crippen molar-refractivity contribution in [1.82, 2.24) is 19.6 Å². The van der Waals surface area contributed by atoms with Gasteiger partial charge >= 0.3 is 0 Å². The van der Waals surface area contributed by atoms with Crippen molar-refractivity contribution in [3.8, 4) is 0 Å². The van der Waals surface area contributed by atoms with Gasteiger partial charge in [-0.2, -0.15) is 9.61 Å². The highest BCUT2D eigenvalue weighted by atomic mass is 32.1. The van der Waals surface area contributed by atoms with Crippen molar-refractivity contribution in [2.45, 2.75) is 33.7 Å². The first kappa shape index (κ1) is 13.1. The molecule has 0 aliphatic rings. The Morgan fingerprint density at radius 3 is 2.75 bits per heavy atom. The van der Waals surface area contributed by atoms with Crippen LogP contribution in [0.4, 0.5) is 5.82 Å². The minimum Gasteiger partial charge on any atom is -0.362 e. The Kier molecular flexibility index (Phi) is 3.17. The van der Waals surface area contributed by atoms with Gasteiger partial charge in [-0.1, -0.05) is 0 Å². The molecule has 3 heterocycles. The lowest BCUT2D eigenvalue weighted by atomic mass is 10.2. The molecule has 6 heteroatoms. The molecule has 0 aromatic carbocycles. The maximum Gasteiger partial charge on any atom is 0.160 e. The van der Waals surface area contributed by atoms with Gasteiger partial charge in [-0.05, 0) is 27.7 Å². The zero-order valence-electron chi connectivity index (χ0n) is 12.0. The molecule has 0 spiro atoms. The highest BCUT2D eigenvalue weighted by Crippen LogP contribution is 2.22. The van der Waals surface area contributed by atoms with Crippen LogP contribution >= 0.6 is 11.3 Å². The highest BCUT2D eigenvalue weighted by molar-refractivity contribution is 7.09. The van der Waals surface area contributed by atoms with E-state index in [0.29, 0.717) is 0 Å². The van der Waals surface area contributed by atoms with E-state index in [9.17, 15) is 0 Å². The molecular weight excluding hydrogens is 270 g/mol. The van der Waals surface area contributed by atoms with Crippen LogP contribution in [0.3, 0.4) is 0 Å². The van der Waals surface area contributed by atoms with E-state index in [4.69, 9.17) is 0 Å². The van der Waals surface area contributed by atoms with E-state index in [-0.39, 0.29) is 6.04 Å². The van der Waals surface area contributed by atoms with Gasteiger partial charge in [0.1, 0.15) is 5.82 Å². The third kappa shape index (κ3) is 2.27. The molecule has 1 N–H and O–H groups in total. The SMILES string of the molecule is Cc1cc(NC(C)c2csc(C)n2)n2ncc(C)c2n1. The molecule has 0 aliphatic heterocycles. The second-order valence-electron chi connectivity index (χ2n) is 5.00. The second kappa shape index (κ2) is 4.86. The molecule has 0 aliphatic carbocycles. The maximum absolute atomic E-state index is 4.53. The fourth-order valence-electron chi connectivity index (χ4n) is 2.17. The fraction of sp³-hybridized carbons (Fsp3) is 0.357. The van der Waals surface area contributed by atoms with Gasteiger partial charge in [-0.15, -0.1) is 11.3 Å². The quantitative estimate of drug-likeness (QED) is 0.803. The van der Waals surface area contributed by atoms with Crippen LogP contribution in [0.1, 0.15) is 34.9 Å². The van der Waals surface area contributed by atoms with Crippen LogP contribution in [-0.2, 0) is 0 Å². The molecule has 0 saturated carbocycles. The summed E-state index contributed by atoms with van der Waals surface area (Å²) in [6.45, 7) is 8.14. The Hall–Kier alpha value is -1.95. The van der Waals surface area contributed by atoms with E-state index >= 15 is 0 Å². The summed E-state index contributed by atoms with van der Waals surface area (Å²) in [6.07, 6.45) is 1.84. The molecule has 104 valence electrons. The Balaban J connectivity index is 1.98. The number of rotatable bonds is 3. The third-order valence-corrected chi connectivity index (χ3v) is 4.01. The predicted octanol–water partition coefficient (Wildman–Crippen LogP) is 3.28. The summed E-state index contributed by atoms with van der Waals surface area (Å²) >= 11 is 1.67. The minimum absolute atomic E-state index is 0.134. The number of thiazole rings is 1. The first-order valence-electron chi connectivity index (χ1n) is 6.55. The lowest BCUT2D eigenvalue weighted by Crippen LogP contribution is -2.11. The van der Waals surface area contributed by atoms with E-state index in [1.54, 1.807) is 11.3 Å². The van der Waals surface area contributed by atoms with Gasteiger partial charge in [0.25, 0.3) is 0 Å². The van der Waals surface area contributed by atoms with Crippen molar-refractivity contribution in [1.29, 1.82) is 0 Å². The summed E-state index contributed by atoms with van der Waals surface area (Å²) in [7, 11) is 0. The summed E-state index contributed by atoms with van der Waals surface area (Å²) in [5, 5.41) is 11.0. The van der Waals surface area contributed by atoms with Crippen molar-refractivity contribution >= 4 is 22.8 Å². The van der Waals surface area contributed by atoms with Crippen molar-refractivity contribution in [2.75, 3.05) is 5.32 Å². The van der Waals surface area contributed by atoms with Crippen LogP contribution in [0.15, 0.2) is 17.6 Å². The van der Waals surface area contributed by atoms with Crippen LogP contribution in [0, 0.1) is 20.8 Å². The normalized spacial score (nSPS) is 12.8. The lowest BCUT2D eigenvalue weighted by Gasteiger charge is -2.14. The molecule has 1 unspecified atom stereocenters. The second-order valence-corrected chi connectivity index (χ2v) is 6.07. The van der Waals surface area contributed by atoms with Crippen LogP contribution in [-0.4, -0.2) is 19.6 Å². The van der Waals surface area contributed by atoms with E-state index in [2.05, 4.69) is 32.7 Å². The Labute approximate surface area is 121 Å². The molecule has 5 nitrogen and oxygen atoms in total. The maximum atomic E-state index is 4.53. The van der Waals surface area contributed by atoms with E-state index < -0.39 is 0 Å². The molecule has 0 fully saturated rings. The van der Waals surface area contributed by atoms with Gasteiger partial charge in [0.05, 0.1) is 22.9 Å². The summed E-state index contributed by atoms with van der Waals surface area (Å²) in [5.74, 6) is 0.943. The van der Waals surface area contributed by atoms with Crippen LogP contribution in [0.5, 0.6) is 0 Å². The van der Waals surface area contributed by atoms with E-state index in [1.807, 2.05) is 37.5 Å². The minimum atomic E-state index is 0.134. The molecule has 0 bridgehead atoms. The van der Waals surface area contributed by atoms with Gasteiger partial charge < -0.3 is 5.32 Å². The van der Waals surface area contributed by atoms with Crippen molar-refractivity contribution in [3.05, 3.63) is 39.6 Å². The zero-order chi connectivity index (χ0) is 14.3. The molecule has 1 atom stereocenters. The summed E-state index contributed by atoms with van der Waals surface area (Å²) in [5.41, 5.74) is 4.01. The van der Waals surface area contributed by atoms with Crippen molar-refractivity contribution in [2.24, 2.45) is 0 Å². The summed E-state index contributed by atoms with van der Waals surface area (Å²) in [4.78, 5) is 9.05. The number of hydrogen-bond donors (Lipinski definition) is 1. The van der Waals surface area contributed by atoms with Crippen LogP contribution in [0.25, 0.3) is 5.65 Å². The molecule has 0 saturated heterocycles. The van der Waals surface area contributed by atoms with Crippen molar-refractivity contribution in [3.63, 3.8) is 0 Å². The third-order valence-electron chi connectivity index (χ3n) is 3.22. The van der Waals surface area contributed by atoms with Gasteiger partial charge in [0.2, 0.25) is 0 Å². The van der Waals surface area contributed by atoms with Gasteiger partial charge in [0.15, 0.2) is 5.65 Å². The first-order chi connectivity index (χ1) is 9.54. The number of hydrogen-bond acceptors (Lipinski definition) is 5. The van der Waals surface area contributed by atoms with E-state index in [0.717, 1.165) is 33.4 Å². The average Bonchev–Trinajstić information content (AvgIpc) is 2.97. The fourth-order valence-corrected chi connectivity index (χ4v) is 2.88. The van der Waals surface area contributed by atoms with E-state index in [1.165, 1.54) is 0 Å². The standard InChI is InChI=1S/C14H17N5S/c1-8-6-15-19-13(5-9(2)16-14(8)19)17-10(3)12-7-20-11(4)18-12/h5-7,10,17H,1-4H3. The number of nitrogens with one attached hydrogen (secondary N) is 1. The van der Waals surface area contributed by atoms with Crippen LogP contribution in [0.2, 0.25) is 0 Å². The average molecular weight is 287 g/mol. The number of anilines is 1. The molecule has 3 aromatic rings. The van der Waals surface area contributed by atoms with Crippen molar-refractivity contribution < 1.29 is 0 Å². The number of fused-ring (bicyclic) bond motifs is 1. The van der Waals surface area contributed by atoms with Crippen LogP contribution < -0.4 is 5.32 Å². The molecular formula is C14H17N5S. The number of aromatic nitrogens is 4. The molecule has 0 amide bonds. The Morgan fingerprint density at radius 2 is 2.05 bits per heavy atom. The smallest absolute Gasteiger partial charge is 0.160 e. The molecule has 20 heavy (non-hydrogen) atoms. The Morgan fingerprint density at radius 1 is 1.25 bits per heavy atom. The van der Waals surface area contributed by atoms with Gasteiger partial charge in [-0.25, -0.2) is 9.97 Å². The zero-order valence-corrected chi connectivity index (χ0v) is 12.8. The number of aryl methyl sites for hydroxylation is 3. The summed E-state index contributed by atoms with van der Waals surface area (Å²) in [6, 6.07) is 2.14. The monoisotopic (exact) mass is 287 g/mol. The first-order valence-corrected chi connectivity index (χ1v) is 7.43. The highest BCUT2D eigenvalue weighted by Gasteiger charge is 2.13. The van der Waals surface area contributed by atoms with Gasteiger partial charge in [0, 0.05) is 22.7 Å². The topological polar surface area (TPSA) is 55.1 Å². The predicted molar refractivity (Wildman–Crippen MR) is 81.3 cm³/mol. The Bertz CT molecular complexity index is 758. The number of nitrogens with zero attached hydrogens (tertiary/aromatic N) is 4. The molecule has 0 radical (unpaired) electrons. The lowest BCUT2D eigenvalue weighted by molar-refractivity contribution is 0.813. The molecule has 3 aromatic heterocycles. The van der Waals surface area contributed by atoms with Gasteiger partial charge in [-0.3, -0.25) is 0 Å². The summed E-state index contributed by atoms with van der Waals surface area (Å²) < 4.78 is 1.85.